The molecule has 0 saturated carbocycles. The van der Waals surface area contributed by atoms with Crippen molar-refractivity contribution in [3.8, 4) is 11.8 Å². The molecule has 0 bridgehead atoms. The highest BCUT2D eigenvalue weighted by atomic mass is 16.3. The summed E-state index contributed by atoms with van der Waals surface area (Å²) in [7, 11) is 0. The molecular formula is C17H23NO3. The maximum Gasteiger partial charge on any atom is 0.255 e. The summed E-state index contributed by atoms with van der Waals surface area (Å²) >= 11 is 0. The molecule has 0 spiro atoms. The Morgan fingerprint density at radius 2 is 2.05 bits per heavy atom. The molecule has 1 aromatic rings. The maximum atomic E-state index is 12.6. The monoisotopic (exact) mass is 289 g/mol. The number of carbonyl (C=O) groups is 1. The number of benzene rings is 1. The molecule has 21 heavy (non-hydrogen) atoms. The number of amides is 1. The molecular weight excluding hydrogens is 266 g/mol. The van der Waals surface area contributed by atoms with Crippen LogP contribution in [0, 0.1) is 18.8 Å². The molecule has 1 aromatic carbocycles. The van der Waals surface area contributed by atoms with Gasteiger partial charge >= 0.3 is 0 Å². The fourth-order valence-electron chi connectivity index (χ4n) is 2.00. The molecule has 0 saturated heterocycles. The third-order valence-electron chi connectivity index (χ3n) is 3.12. The zero-order valence-electron chi connectivity index (χ0n) is 12.7. The van der Waals surface area contributed by atoms with Crippen LogP contribution in [0.2, 0.25) is 0 Å². The number of hydrogen-bond acceptors (Lipinski definition) is 3. The van der Waals surface area contributed by atoms with E-state index in [-0.39, 0.29) is 19.1 Å². The number of rotatable bonds is 6. The molecule has 114 valence electrons. The van der Waals surface area contributed by atoms with E-state index in [2.05, 4.69) is 11.8 Å². The quantitative estimate of drug-likeness (QED) is 0.782. The Balaban J connectivity index is 3.05. The Bertz CT molecular complexity index is 529. The lowest BCUT2D eigenvalue weighted by Crippen LogP contribution is -2.32. The normalized spacial score (nSPS) is 9.90. The number of nitrogens with zero attached hydrogens (tertiary/aromatic N) is 1. The lowest BCUT2D eigenvalue weighted by atomic mass is 10.0. The predicted octanol–water partition coefficient (Wildman–Crippen LogP) is 1.57. The summed E-state index contributed by atoms with van der Waals surface area (Å²) in [5.74, 6) is 5.76. The largest absolute Gasteiger partial charge is 0.396 e. The van der Waals surface area contributed by atoms with Gasteiger partial charge in [-0.05, 0) is 38.0 Å². The molecule has 0 heterocycles. The third-order valence-corrected chi connectivity index (χ3v) is 3.12. The minimum absolute atomic E-state index is 0.0136. The second kappa shape index (κ2) is 9.17. The van der Waals surface area contributed by atoms with Gasteiger partial charge in [0, 0.05) is 31.7 Å². The highest BCUT2D eigenvalue weighted by Crippen LogP contribution is 2.14. The highest BCUT2D eigenvalue weighted by Gasteiger charge is 2.16. The van der Waals surface area contributed by atoms with Gasteiger partial charge in [-0.1, -0.05) is 17.9 Å². The molecule has 0 radical (unpaired) electrons. The molecule has 0 aliphatic carbocycles. The first-order chi connectivity index (χ1) is 10.1. The van der Waals surface area contributed by atoms with Crippen LogP contribution in [0.3, 0.4) is 0 Å². The third kappa shape index (κ3) is 5.22. The Morgan fingerprint density at radius 3 is 2.67 bits per heavy atom. The summed E-state index contributed by atoms with van der Waals surface area (Å²) in [5.41, 5.74) is 2.31. The van der Waals surface area contributed by atoms with Crippen molar-refractivity contribution >= 4 is 5.91 Å². The summed E-state index contributed by atoms with van der Waals surface area (Å²) in [6.07, 6.45) is 0.959. The highest BCUT2D eigenvalue weighted by molar-refractivity contribution is 5.96. The average molecular weight is 289 g/mol. The van der Waals surface area contributed by atoms with Crippen LogP contribution in [-0.4, -0.2) is 47.3 Å². The molecule has 0 atom stereocenters. The Kier molecular flexibility index (Phi) is 7.52. The number of hydrogen-bond donors (Lipinski definition) is 2. The summed E-state index contributed by atoms with van der Waals surface area (Å²) in [6, 6.07) is 5.57. The van der Waals surface area contributed by atoms with E-state index in [9.17, 15) is 4.79 Å². The topological polar surface area (TPSA) is 60.8 Å². The van der Waals surface area contributed by atoms with Crippen LogP contribution in [0.15, 0.2) is 18.2 Å². The van der Waals surface area contributed by atoms with Gasteiger partial charge in [-0.15, -0.1) is 0 Å². The summed E-state index contributed by atoms with van der Waals surface area (Å²) < 4.78 is 0. The fraction of sp³-hybridized carbons (Fsp3) is 0.471. The molecule has 0 aromatic heterocycles. The molecule has 0 unspecified atom stereocenters. The standard InChI is InChI=1S/C17H23NO3/c1-3-18(10-6-12-20)17(21)16-9-8-14(2)13-15(16)7-4-5-11-19/h8-9,13,19-20H,3,5-6,10-12H2,1-2H3. The van der Waals surface area contributed by atoms with E-state index in [0.29, 0.717) is 37.1 Å². The van der Waals surface area contributed by atoms with E-state index < -0.39 is 0 Å². The van der Waals surface area contributed by atoms with Gasteiger partial charge in [0.1, 0.15) is 0 Å². The second-order valence-corrected chi connectivity index (χ2v) is 4.79. The summed E-state index contributed by atoms with van der Waals surface area (Å²) in [4.78, 5) is 14.3. The molecule has 4 heteroatoms. The Labute approximate surface area is 126 Å². The minimum atomic E-state index is -0.0701. The Morgan fingerprint density at radius 1 is 1.29 bits per heavy atom. The van der Waals surface area contributed by atoms with Crippen molar-refractivity contribution in [3.63, 3.8) is 0 Å². The molecule has 0 aliphatic rings. The van der Waals surface area contributed by atoms with Crippen molar-refractivity contribution in [2.75, 3.05) is 26.3 Å². The van der Waals surface area contributed by atoms with Gasteiger partial charge in [0.25, 0.3) is 5.91 Å². The van der Waals surface area contributed by atoms with E-state index in [1.807, 2.05) is 26.0 Å². The molecule has 2 N–H and O–H groups in total. The van der Waals surface area contributed by atoms with Crippen LogP contribution in [0.1, 0.15) is 41.3 Å². The molecule has 4 nitrogen and oxygen atoms in total. The molecule has 0 fully saturated rings. The lowest BCUT2D eigenvalue weighted by Gasteiger charge is -2.21. The van der Waals surface area contributed by atoms with Gasteiger partial charge in [-0.25, -0.2) is 0 Å². The number of aliphatic hydroxyl groups excluding tert-OH is 2. The van der Waals surface area contributed by atoms with Crippen molar-refractivity contribution in [2.45, 2.75) is 26.7 Å². The average Bonchev–Trinajstić information content (AvgIpc) is 2.48. The summed E-state index contributed by atoms with van der Waals surface area (Å²) in [6.45, 7) is 5.08. The van der Waals surface area contributed by atoms with E-state index in [1.165, 1.54) is 0 Å². The predicted molar refractivity (Wildman–Crippen MR) is 83.0 cm³/mol. The van der Waals surface area contributed by atoms with Gasteiger partial charge in [0.2, 0.25) is 0 Å². The van der Waals surface area contributed by atoms with Crippen LogP contribution >= 0.6 is 0 Å². The molecule has 1 rings (SSSR count). The van der Waals surface area contributed by atoms with Crippen molar-refractivity contribution in [1.29, 1.82) is 0 Å². The van der Waals surface area contributed by atoms with E-state index >= 15 is 0 Å². The second-order valence-electron chi connectivity index (χ2n) is 4.79. The zero-order chi connectivity index (χ0) is 15.7. The Hall–Kier alpha value is -1.83. The minimum Gasteiger partial charge on any atom is -0.396 e. The molecule has 0 aliphatic heterocycles. The van der Waals surface area contributed by atoms with Crippen LogP contribution in [-0.2, 0) is 0 Å². The summed E-state index contributed by atoms with van der Waals surface area (Å²) in [5, 5.41) is 17.7. The van der Waals surface area contributed by atoms with Gasteiger partial charge in [0.15, 0.2) is 0 Å². The first-order valence-corrected chi connectivity index (χ1v) is 7.24. The van der Waals surface area contributed by atoms with Gasteiger partial charge in [0.05, 0.1) is 12.2 Å². The van der Waals surface area contributed by atoms with Crippen molar-refractivity contribution in [3.05, 3.63) is 34.9 Å². The van der Waals surface area contributed by atoms with Crippen molar-refractivity contribution < 1.29 is 15.0 Å². The van der Waals surface area contributed by atoms with Gasteiger partial charge in [-0.2, -0.15) is 0 Å². The smallest absolute Gasteiger partial charge is 0.255 e. The fourth-order valence-corrected chi connectivity index (χ4v) is 2.00. The lowest BCUT2D eigenvalue weighted by molar-refractivity contribution is 0.0754. The van der Waals surface area contributed by atoms with Crippen molar-refractivity contribution in [1.82, 2.24) is 4.90 Å². The number of aliphatic hydroxyl groups is 2. The van der Waals surface area contributed by atoms with Crippen LogP contribution in [0.25, 0.3) is 0 Å². The van der Waals surface area contributed by atoms with E-state index in [4.69, 9.17) is 10.2 Å². The maximum absolute atomic E-state index is 12.6. The molecule has 1 amide bonds. The number of carbonyl (C=O) groups excluding carboxylic acids is 1. The van der Waals surface area contributed by atoms with Gasteiger partial charge < -0.3 is 15.1 Å². The van der Waals surface area contributed by atoms with E-state index in [1.54, 1.807) is 11.0 Å². The van der Waals surface area contributed by atoms with Crippen LogP contribution < -0.4 is 0 Å². The number of aryl methyl sites for hydroxylation is 1. The first kappa shape index (κ1) is 17.2. The first-order valence-electron chi connectivity index (χ1n) is 7.24. The van der Waals surface area contributed by atoms with Crippen molar-refractivity contribution in [2.24, 2.45) is 0 Å². The van der Waals surface area contributed by atoms with Gasteiger partial charge in [-0.3, -0.25) is 4.79 Å². The zero-order valence-corrected chi connectivity index (χ0v) is 12.7. The van der Waals surface area contributed by atoms with Crippen LogP contribution in [0.5, 0.6) is 0 Å². The van der Waals surface area contributed by atoms with E-state index in [0.717, 1.165) is 5.56 Å². The SMILES string of the molecule is CCN(CCCO)C(=O)c1ccc(C)cc1C#CCCO. The van der Waals surface area contributed by atoms with Crippen LogP contribution in [0.4, 0.5) is 0 Å².